The SMILES string of the molecule is CCN(c1cccc(C)c1)c1nccc(NC(C)c2ccccc2)n1. The lowest BCUT2D eigenvalue weighted by molar-refractivity contribution is 0.865. The monoisotopic (exact) mass is 332 g/mol. The van der Waals surface area contributed by atoms with E-state index in [-0.39, 0.29) is 6.04 Å². The van der Waals surface area contributed by atoms with Crippen molar-refractivity contribution in [3.63, 3.8) is 0 Å². The lowest BCUT2D eigenvalue weighted by Crippen LogP contribution is -2.19. The van der Waals surface area contributed by atoms with E-state index in [0.717, 1.165) is 18.1 Å². The Morgan fingerprint density at radius 1 is 1.04 bits per heavy atom. The van der Waals surface area contributed by atoms with Crippen molar-refractivity contribution in [2.24, 2.45) is 0 Å². The number of aromatic nitrogens is 2. The number of aryl methyl sites for hydroxylation is 1. The van der Waals surface area contributed by atoms with Gasteiger partial charge in [-0.05, 0) is 50.1 Å². The van der Waals surface area contributed by atoms with Gasteiger partial charge in [-0.3, -0.25) is 0 Å². The van der Waals surface area contributed by atoms with Gasteiger partial charge in [-0.25, -0.2) is 4.98 Å². The van der Waals surface area contributed by atoms with Crippen molar-refractivity contribution < 1.29 is 0 Å². The Labute approximate surface area is 149 Å². The molecule has 0 fully saturated rings. The van der Waals surface area contributed by atoms with E-state index in [9.17, 15) is 0 Å². The number of nitrogens with zero attached hydrogens (tertiary/aromatic N) is 3. The maximum atomic E-state index is 4.72. The Hall–Kier alpha value is -2.88. The molecule has 0 saturated heterocycles. The molecule has 0 aliphatic heterocycles. The number of nitrogens with one attached hydrogen (secondary N) is 1. The van der Waals surface area contributed by atoms with E-state index in [1.165, 1.54) is 11.1 Å². The maximum absolute atomic E-state index is 4.72. The van der Waals surface area contributed by atoms with Gasteiger partial charge in [0, 0.05) is 24.5 Å². The third-order valence-corrected chi connectivity index (χ3v) is 4.18. The fourth-order valence-electron chi connectivity index (χ4n) is 2.84. The minimum absolute atomic E-state index is 0.179. The van der Waals surface area contributed by atoms with Crippen molar-refractivity contribution >= 4 is 17.5 Å². The largest absolute Gasteiger partial charge is 0.363 e. The predicted octanol–water partition coefficient (Wildman–Crippen LogP) is 5.12. The summed E-state index contributed by atoms with van der Waals surface area (Å²) in [6, 6.07) is 20.8. The molecule has 3 aromatic rings. The number of hydrogen-bond donors (Lipinski definition) is 1. The Kier molecular flexibility index (Phi) is 5.29. The number of benzene rings is 2. The van der Waals surface area contributed by atoms with Crippen LogP contribution >= 0.6 is 0 Å². The zero-order valence-corrected chi connectivity index (χ0v) is 15.0. The van der Waals surface area contributed by atoms with E-state index < -0.39 is 0 Å². The molecule has 0 amide bonds. The van der Waals surface area contributed by atoms with Crippen LogP contribution in [0.1, 0.15) is 31.0 Å². The topological polar surface area (TPSA) is 41.1 Å². The molecule has 1 N–H and O–H groups in total. The first-order chi connectivity index (χ1) is 12.2. The van der Waals surface area contributed by atoms with E-state index in [4.69, 9.17) is 4.98 Å². The van der Waals surface area contributed by atoms with Gasteiger partial charge in [-0.15, -0.1) is 0 Å². The lowest BCUT2D eigenvalue weighted by Gasteiger charge is -2.22. The standard InChI is InChI=1S/C21H24N4/c1-4-25(19-12-8-9-16(2)15-19)21-22-14-13-20(24-21)23-17(3)18-10-6-5-7-11-18/h5-15,17H,4H2,1-3H3,(H,22,23,24). The van der Waals surface area contributed by atoms with Gasteiger partial charge in [0.05, 0.1) is 0 Å². The van der Waals surface area contributed by atoms with Gasteiger partial charge in [0.1, 0.15) is 5.82 Å². The molecule has 1 atom stereocenters. The molecule has 4 nitrogen and oxygen atoms in total. The van der Waals surface area contributed by atoms with Crippen LogP contribution in [0.15, 0.2) is 66.9 Å². The second-order valence-corrected chi connectivity index (χ2v) is 6.10. The molecule has 3 rings (SSSR count). The first kappa shape index (κ1) is 17.0. The molecule has 1 heterocycles. The molecule has 0 aliphatic rings. The molecule has 128 valence electrons. The van der Waals surface area contributed by atoms with Crippen molar-refractivity contribution in [2.75, 3.05) is 16.8 Å². The first-order valence-electron chi connectivity index (χ1n) is 8.66. The summed E-state index contributed by atoms with van der Waals surface area (Å²) in [7, 11) is 0. The molecule has 2 aromatic carbocycles. The molecule has 0 spiro atoms. The fourth-order valence-corrected chi connectivity index (χ4v) is 2.84. The van der Waals surface area contributed by atoms with Crippen molar-refractivity contribution in [3.8, 4) is 0 Å². The second kappa shape index (κ2) is 7.79. The van der Waals surface area contributed by atoms with Crippen LogP contribution < -0.4 is 10.2 Å². The Bertz CT molecular complexity index is 817. The third kappa shape index (κ3) is 4.15. The highest BCUT2D eigenvalue weighted by atomic mass is 15.3. The molecule has 0 bridgehead atoms. The first-order valence-corrected chi connectivity index (χ1v) is 8.66. The maximum Gasteiger partial charge on any atom is 0.231 e. The van der Waals surface area contributed by atoms with Crippen LogP contribution in [-0.4, -0.2) is 16.5 Å². The van der Waals surface area contributed by atoms with E-state index in [0.29, 0.717) is 5.95 Å². The smallest absolute Gasteiger partial charge is 0.231 e. The summed E-state index contributed by atoms with van der Waals surface area (Å²) in [6.07, 6.45) is 1.81. The van der Waals surface area contributed by atoms with Crippen molar-refractivity contribution in [1.29, 1.82) is 0 Å². The summed E-state index contributed by atoms with van der Waals surface area (Å²) in [5.74, 6) is 1.53. The minimum Gasteiger partial charge on any atom is -0.363 e. The van der Waals surface area contributed by atoms with Gasteiger partial charge in [-0.2, -0.15) is 4.98 Å². The molecule has 4 heteroatoms. The van der Waals surface area contributed by atoms with Gasteiger partial charge in [-0.1, -0.05) is 42.5 Å². The summed E-state index contributed by atoms with van der Waals surface area (Å²) in [5, 5.41) is 3.46. The normalized spacial score (nSPS) is 11.8. The summed E-state index contributed by atoms with van der Waals surface area (Å²) < 4.78 is 0. The van der Waals surface area contributed by atoms with E-state index in [1.807, 2.05) is 12.1 Å². The van der Waals surface area contributed by atoms with E-state index in [2.05, 4.69) is 84.5 Å². The average molecular weight is 332 g/mol. The van der Waals surface area contributed by atoms with Gasteiger partial charge in [0.2, 0.25) is 5.95 Å². The van der Waals surface area contributed by atoms with Crippen LogP contribution in [0.4, 0.5) is 17.5 Å². The fraction of sp³-hybridized carbons (Fsp3) is 0.238. The number of anilines is 3. The van der Waals surface area contributed by atoms with E-state index >= 15 is 0 Å². The third-order valence-electron chi connectivity index (χ3n) is 4.18. The average Bonchev–Trinajstić information content (AvgIpc) is 2.63. The lowest BCUT2D eigenvalue weighted by atomic mass is 10.1. The van der Waals surface area contributed by atoms with Gasteiger partial charge >= 0.3 is 0 Å². The molecule has 1 unspecified atom stereocenters. The molecule has 0 radical (unpaired) electrons. The van der Waals surface area contributed by atoms with Crippen molar-refractivity contribution in [1.82, 2.24) is 9.97 Å². The molecule has 0 saturated carbocycles. The van der Waals surface area contributed by atoms with Crippen molar-refractivity contribution in [3.05, 3.63) is 78.0 Å². The minimum atomic E-state index is 0.179. The van der Waals surface area contributed by atoms with Crippen LogP contribution in [0.5, 0.6) is 0 Å². The van der Waals surface area contributed by atoms with Crippen LogP contribution in [-0.2, 0) is 0 Å². The highest BCUT2D eigenvalue weighted by Gasteiger charge is 2.12. The molecule has 0 aliphatic carbocycles. The Morgan fingerprint density at radius 2 is 1.84 bits per heavy atom. The Balaban J connectivity index is 1.83. The zero-order valence-electron chi connectivity index (χ0n) is 15.0. The zero-order chi connectivity index (χ0) is 17.6. The molecular formula is C21H24N4. The second-order valence-electron chi connectivity index (χ2n) is 6.10. The highest BCUT2D eigenvalue weighted by molar-refractivity contribution is 5.59. The van der Waals surface area contributed by atoms with Gasteiger partial charge < -0.3 is 10.2 Å². The molecular weight excluding hydrogens is 308 g/mol. The quantitative estimate of drug-likeness (QED) is 0.680. The Morgan fingerprint density at radius 3 is 2.56 bits per heavy atom. The summed E-state index contributed by atoms with van der Waals surface area (Å²) >= 11 is 0. The number of hydrogen-bond acceptors (Lipinski definition) is 4. The summed E-state index contributed by atoms with van der Waals surface area (Å²) in [5.41, 5.74) is 3.56. The van der Waals surface area contributed by atoms with Gasteiger partial charge in [0.25, 0.3) is 0 Å². The summed E-state index contributed by atoms with van der Waals surface area (Å²) in [4.78, 5) is 11.3. The van der Waals surface area contributed by atoms with Crippen LogP contribution in [0.3, 0.4) is 0 Å². The number of rotatable bonds is 6. The van der Waals surface area contributed by atoms with Crippen LogP contribution in [0.2, 0.25) is 0 Å². The van der Waals surface area contributed by atoms with Crippen LogP contribution in [0.25, 0.3) is 0 Å². The van der Waals surface area contributed by atoms with E-state index in [1.54, 1.807) is 6.20 Å². The predicted molar refractivity (Wildman–Crippen MR) is 104 cm³/mol. The molecule has 25 heavy (non-hydrogen) atoms. The van der Waals surface area contributed by atoms with Crippen molar-refractivity contribution in [2.45, 2.75) is 26.8 Å². The summed E-state index contributed by atoms with van der Waals surface area (Å²) in [6.45, 7) is 7.15. The highest BCUT2D eigenvalue weighted by Crippen LogP contribution is 2.24. The molecule has 1 aromatic heterocycles. The van der Waals surface area contributed by atoms with Gasteiger partial charge in [0.15, 0.2) is 0 Å². The van der Waals surface area contributed by atoms with Crippen LogP contribution in [0, 0.1) is 6.92 Å².